The van der Waals surface area contributed by atoms with E-state index in [1.807, 2.05) is 56.4 Å². The number of nitrogens with one attached hydrogen (secondary N) is 1. The summed E-state index contributed by atoms with van der Waals surface area (Å²) >= 11 is 6.05. The molecule has 2 aromatic heterocycles. The predicted octanol–water partition coefficient (Wildman–Crippen LogP) is 5.76. The van der Waals surface area contributed by atoms with Gasteiger partial charge >= 0.3 is 5.97 Å². The van der Waals surface area contributed by atoms with Gasteiger partial charge in [-0.25, -0.2) is 4.79 Å². The van der Waals surface area contributed by atoms with Crippen molar-refractivity contribution >= 4 is 28.5 Å². The summed E-state index contributed by atoms with van der Waals surface area (Å²) in [5.74, 6) is -0.315. The Morgan fingerprint density at radius 1 is 1.11 bits per heavy atom. The number of carbonyl (C=O) groups excluding carboxylic acids is 1. The Kier molecular flexibility index (Phi) is 4.50. The number of rotatable bonds is 4. The maximum atomic E-state index is 12.5. The van der Waals surface area contributed by atoms with Crippen LogP contribution >= 0.6 is 11.6 Å². The second-order valence-electron chi connectivity index (χ2n) is 6.34. The first-order chi connectivity index (χ1) is 13.1. The van der Waals surface area contributed by atoms with Crippen LogP contribution in [0, 0.1) is 6.92 Å². The Hall–Kier alpha value is -2.98. The number of aromatic nitrogens is 2. The summed E-state index contributed by atoms with van der Waals surface area (Å²) in [6.45, 7) is 4.09. The molecule has 5 heteroatoms. The SMILES string of the molecule is CCOC(=O)c1cc(-c2ccc(Cl)cc2)n(-c2ccc3cc[nH]c3c2)c1C. The molecule has 0 aliphatic rings. The lowest BCUT2D eigenvalue weighted by atomic mass is 10.1. The molecular weight excluding hydrogens is 360 g/mol. The first-order valence-corrected chi connectivity index (χ1v) is 9.19. The molecule has 0 radical (unpaired) electrons. The van der Waals surface area contributed by atoms with Gasteiger partial charge in [0.25, 0.3) is 0 Å². The minimum absolute atomic E-state index is 0.315. The van der Waals surface area contributed by atoms with Crippen LogP contribution in [0.5, 0.6) is 0 Å². The zero-order chi connectivity index (χ0) is 19.0. The minimum atomic E-state index is -0.315. The van der Waals surface area contributed by atoms with E-state index in [1.165, 1.54) is 0 Å². The summed E-state index contributed by atoms with van der Waals surface area (Å²) in [5, 5.41) is 1.81. The monoisotopic (exact) mass is 378 g/mol. The standard InChI is InChI=1S/C22H19ClN2O2/c1-3-27-22(26)19-13-21(16-4-7-17(23)8-5-16)25(14(19)2)18-9-6-15-10-11-24-20(15)12-18/h4-13,24H,3H2,1-2H3. The number of hydrogen-bond acceptors (Lipinski definition) is 2. The molecule has 2 heterocycles. The average Bonchev–Trinajstić information content (AvgIpc) is 3.26. The van der Waals surface area contributed by atoms with Crippen molar-refractivity contribution in [2.75, 3.05) is 6.61 Å². The zero-order valence-electron chi connectivity index (χ0n) is 15.1. The highest BCUT2D eigenvalue weighted by atomic mass is 35.5. The highest BCUT2D eigenvalue weighted by molar-refractivity contribution is 6.30. The average molecular weight is 379 g/mol. The smallest absolute Gasteiger partial charge is 0.339 e. The topological polar surface area (TPSA) is 47.0 Å². The third-order valence-electron chi connectivity index (χ3n) is 4.68. The van der Waals surface area contributed by atoms with Crippen molar-refractivity contribution in [3.63, 3.8) is 0 Å². The molecule has 4 nitrogen and oxygen atoms in total. The van der Waals surface area contributed by atoms with Crippen LogP contribution < -0.4 is 0 Å². The maximum absolute atomic E-state index is 12.5. The van der Waals surface area contributed by atoms with Crippen molar-refractivity contribution in [3.8, 4) is 16.9 Å². The number of ether oxygens (including phenoxy) is 1. The lowest BCUT2D eigenvalue weighted by Crippen LogP contribution is -2.06. The fourth-order valence-electron chi connectivity index (χ4n) is 3.36. The van der Waals surface area contributed by atoms with Crippen LogP contribution in [0.25, 0.3) is 27.8 Å². The lowest BCUT2D eigenvalue weighted by molar-refractivity contribution is 0.0525. The highest BCUT2D eigenvalue weighted by Crippen LogP contribution is 2.31. The number of H-pyrrole nitrogens is 1. The van der Waals surface area contributed by atoms with Gasteiger partial charge in [-0.1, -0.05) is 29.8 Å². The second kappa shape index (κ2) is 6.97. The van der Waals surface area contributed by atoms with Crippen LogP contribution in [0.15, 0.2) is 60.8 Å². The number of esters is 1. The van der Waals surface area contributed by atoms with Gasteiger partial charge in [-0.3, -0.25) is 0 Å². The van der Waals surface area contributed by atoms with E-state index in [4.69, 9.17) is 16.3 Å². The van der Waals surface area contributed by atoms with E-state index in [1.54, 1.807) is 0 Å². The molecule has 0 saturated heterocycles. The summed E-state index contributed by atoms with van der Waals surface area (Å²) in [6.07, 6.45) is 1.92. The Morgan fingerprint density at radius 2 is 1.89 bits per heavy atom. The molecule has 0 bridgehead atoms. The summed E-state index contributed by atoms with van der Waals surface area (Å²) < 4.78 is 7.33. The van der Waals surface area contributed by atoms with E-state index < -0.39 is 0 Å². The van der Waals surface area contributed by atoms with Crippen molar-refractivity contribution in [1.29, 1.82) is 0 Å². The molecule has 0 atom stereocenters. The number of halogens is 1. The van der Waals surface area contributed by atoms with Crippen molar-refractivity contribution in [3.05, 3.63) is 77.1 Å². The molecule has 4 rings (SSSR count). The summed E-state index contributed by atoms with van der Waals surface area (Å²) in [4.78, 5) is 15.7. The maximum Gasteiger partial charge on any atom is 0.339 e. The largest absolute Gasteiger partial charge is 0.462 e. The Labute approximate surface area is 162 Å². The molecule has 27 heavy (non-hydrogen) atoms. The van der Waals surface area contributed by atoms with Gasteiger partial charge in [-0.15, -0.1) is 0 Å². The molecule has 0 aliphatic heterocycles. The van der Waals surface area contributed by atoms with Gasteiger partial charge in [0.1, 0.15) is 0 Å². The van der Waals surface area contributed by atoms with Gasteiger partial charge in [0, 0.05) is 28.1 Å². The predicted molar refractivity (Wildman–Crippen MR) is 109 cm³/mol. The number of nitrogens with zero attached hydrogens (tertiary/aromatic N) is 1. The van der Waals surface area contributed by atoms with Gasteiger partial charge < -0.3 is 14.3 Å². The molecule has 0 amide bonds. The first kappa shape index (κ1) is 17.4. The molecular formula is C22H19ClN2O2. The second-order valence-corrected chi connectivity index (χ2v) is 6.78. The van der Waals surface area contributed by atoms with Crippen LogP contribution in [0.4, 0.5) is 0 Å². The van der Waals surface area contributed by atoms with Crippen LogP contribution in [-0.4, -0.2) is 22.1 Å². The highest BCUT2D eigenvalue weighted by Gasteiger charge is 2.20. The number of fused-ring (bicyclic) bond motifs is 1. The molecule has 0 aliphatic carbocycles. The summed E-state index contributed by atoms with van der Waals surface area (Å²) in [7, 11) is 0. The van der Waals surface area contributed by atoms with Gasteiger partial charge in [-0.2, -0.15) is 0 Å². The molecule has 0 saturated carbocycles. The normalized spacial score (nSPS) is 11.1. The van der Waals surface area contributed by atoms with E-state index in [0.29, 0.717) is 17.2 Å². The number of benzene rings is 2. The third kappa shape index (κ3) is 3.13. The van der Waals surface area contributed by atoms with E-state index in [0.717, 1.165) is 33.5 Å². The summed E-state index contributed by atoms with van der Waals surface area (Å²) in [5.41, 5.74) is 5.31. The molecule has 136 valence electrons. The Bertz CT molecular complexity index is 1120. The number of hydrogen-bond donors (Lipinski definition) is 1. The Morgan fingerprint density at radius 3 is 2.63 bits per heavy atom. The van der Waals surface area contributed by atoms with E-state index in [2.05, 4.69) is 27.8 Å². The van der Waals surface area contributed by atoms with Crippen LogP contribution in [0.1, 0.15) is 23.0 Å². The zero-order valence-corrected chi connectivity index (χ0v) is 15.9. The minimum Gasteiger partial charge on any atom is -0.462 e. The van der Waals surface area contributed by atoms with Crippen molar-refractivity contribution in [2.24, 2.45) is 0 Å². The van der Waals surface area contributed by atoms with Gasteiger partial charge in [0.05, 0.1) is 17.9 Å². The van der Waals surface area contributed by atoms with Gasteiger partial charge in [-0.05, 0) is 61.2 Å². The van der Waals surface area contributed by atoms with Gasteiger partial charge in [0.2, 0.25) is 0 Å². The third-order valence-corrected chi connectivity index (χ3v) is 4.93. The van der Waals surface area contributed by atoms with Crippen molar-refractivity contribution in [2.45, 2.75) is 13.8 Å². The van der Waals surface area contributed by atoms with Crippen LogP contribution in [-0.2, 0) is 4.74 Å². The van der Waals surface area contributed by atoms with Crippen LogP contribution in [0.3, 0.4) is 0 Å². The molecule has 0 spiro atoms. The fraction of sp³-hybridized carbons (Fsp3) is 0.136. The molecule has 4 aromatic rings. The Balaban J connectivity index is 1.94. The van der Waals surface area contributed by atoms with Crippen LogP contribution in [0.2, 0.25) is 5.02 Å². The van der Waals surface area contributed by atoms with Crippen molar-refractivity contribution in [1.82, 2.24) is 9.55 Å². The molecule has 2 aromatic carbocycles. The number of aromatic amines is 1. The van der Waals surface area contributed by atoms with E-state index in [9.17, 15) is 4.79 Å². The molecule has 0 fully saturated rings. The lowest BCUT2D eigenvalue weighted by Gasteiger charge is -2.13. The molecule has 1 N–H and O–H groups in total. The van der Waals surface area contributed by atoms with Crippen molar-refractivity contribution < 1.29 is 9.53 Å². The van der Waals surface area contributed by atoms with E-state index >= 15 is 0 Å². The molecule has 0 unspecified atom stereocenters. The van der Waals surface area contributed by atoms with E-state index in [-0.39, 0.29) is 5.97 Å². The first-order valence-electron chi connectivity index (χ1n) is 8.81. The number of carbonyl (C=O) groups is 1. The summed E-state index contributed by atoms with van der Waals surface area (Å²) in [6, 6.07) is 17.7. The quantitative estimate of drug-likeness (QED) is 0.458. The van der Waals surface area contributed by atoms with Gasteiger partial charge in [0.15, 0.2) is 0 Å². The fourth-order valence-corrected chi connectivity index (χ4v) is 3.49.